The lowest BCUT2D eigenvalue weighted by Crippen LogP contribution is -2.14. The van der Waals surface area contributed by atoms with Gasteiger partial charge in [0.05, 0.1) is 0 Å². The zero-order valence-electron chi connectivity index (χ0n) is 9.42. The Balaban J connectivity index is 0.000000195. The smallest absolute Gasteiger partial charge is 0.161 e. The average Bonchev–Trinajstić information content (AvgIpc) is 2.16. The third-order valence-corrected chi connectivity index (χ3v) is 1.45. The number of benzene rings is 1. The molecule has 0 aliphatic carbocycles. The predicted octanol–water partition coefficient (Wildman–Crippen LogP) is 3.48. The van der Waals surface area contributed by atoms with Crippen molar-refractivity contribution in [3.63, 3.8) is 0 Å². The third-order valence-electron chi connectivity index (χ3n) is 1.45. The Morgan fingerprint density at radius 1 is 1.00 bits per heavy atom. The Kier molecular flexibility index (Phi) is 4.28. The first-order valence-electron chi connectivity index (χ1n) is 5.00. The van der Waals surface area contributed by atoms with Gasteiger partial charge in [-0.3, -0.25) is 0 Å². The molecule has 1 aliphatic heterocycles. The van der Waals surface area contributed by atoms with Crippen molar-refractivity contribution in [3.8, 4) is 11.5 Å². The van der Waals surface area contributed by atoms with Crippen LogP contribution in [0.3, 0.4) is 0 Å². The lowest BCUT2D eigenvalue weighted by molar-refractivity contribution is 0.171. The van der Waals surface area contributed by atoms with Crippen LogP contribution < -0.4 is 9.47 Å². The van der Waals surface area contributed by atoms with E-state index in [1.807, 2.05) is 45.0 Å². The number of halogens is 1. The lowest BCUT2D eigenvalue weighted by Gasteiger charge is -2.17. The normalized spacial score (nSPS) is 13.9. The minimum absolute atomic E-state index is 0.0278. The van der Waals surface area contributed by atoms with Crippen molar-refractivity contribution in [2.45, 2.75) is 25.6 Å². The molecule has 2 nitrogen and oxygen atoms in total. The van der Waals surface area contributed by atoms with Gasteiger partial charge in [0, 0.05) is 4.87 Å². The Labute approximate surface area is 96.2 Å². The molecule has 1 aromatic carbocycles. The highest BCUT2D eigenvalue weighted by Crippen LogP contribution is 2.28. The minimum atomic E-state index is -0.0278. The van der Waals surface area contributed by atoms with Crippen LogP contribution in [-0.2, 0) is 0 Å². The van der Waals surface area contributed by atoms with E-state index in [1.165, 1.54) is 0 Å². The number of hydrogen-bond donors (Lipinski definition) is 0. The van der Waals surface area contributed by atoms with Crippen LogP contribution >= 0.6 is 11.6 Å². The van der Waals surface area contributed by atoms with Crippen molar-refractivity contribution >= 4 is 11.6 Å². The molecule has 0 spiro atoms. The highest BCUT2D eigenvalue weighted by atomic mass is 35.5. The van der Waals surface area contributed by atoms with Crippen LogP contribution in [0, 0.1) is 0 Å². The van der Waals surface area contributed by atoms with E-state index in [0.717, 1.165) is 11.5 Å². The molecule has 15 heavy (non-hydrogen) atoms. The maximum atomic E-state index is 5.53. The van der Waals surface area contributed by atoms with Gasteiger partial charge in [0.25, 0.3) is 0 Å². The van der Waals surface area contributed by atoms with E-state index < -0.39 is 0 Å². The summed E-state index contributed by atoms with van der Waals surface area (Å²) >= 11 is 5.53. The number of ether oxygens (including phenoxy) is 2. The Morgan fingerprint density at radius 2 is 1.33 bits per heavy atom. The molecule has 0 unspecified atom stereocenters. The van der Waals surface area contributed by atoms with Gasteiger partial charge in [0.15, 0.2) is 11.5 Å². The average molecular weight is 229 g/mol. The van der Waals surface area contributed by atoms with Crippen molar-refractivity contribution in [2.75, 3.05) is 13.2 Å². The fourth-order valence-corrected chi connectivity index (χ4v) is 0.992. The molecule has 1 heterocycles. The van der Waals surface area contributed by atoms with E-state index >= 15 is 0 Å². The van der Waals surface area contributed by atoms with Crippen LogP contribution in [0.5, 0.6) is 11.5 Å². The van der Waals surface area contributed by atoms with Crippen LogP contribution in [0.25, 0.3) is 0 Å². The zero-order chi connectivity index (χ0) is 11.3. The summed E-state index contributed by atoms with van der Waals surface area (Å²) in [5.41, 5.74) is 0. The molecule has 0 radical (unpaired) electrons. The fourth-order valence-electron chi connectivity index (χ4n) is 0.992. The summed E-state index contributed by atoms with van der Waals surface area (Å²) in [5, 5.41) is 0. The SMILES string of the molecule is CC(C)(C)Cl.c1ccc2c(c1)OCCO2. The topological polar surface area (TPSA) is 18.5 Å². The molecule has 0 saturated carbocycles. The molecule has 3 heteroatoms. The second-order valence-electron chi connectivity index (χ2n) is 4.21. The molecule has 0 amide bonds. The van der Waals surface area contributed by atoms with Crippen LogP contribution in [0.2, 0.25) is 0 Å². The van der Waals surface area contributed by atoms with E-state index in [9.17, 15) is 0 Å². The van der Waals surface area contributed by atoms with Gasteiger partial charge in [-0.2, -0.15) is 0 Å². The first-order chi connectivity index (χ1) is 6.97. The maximum Gasteiger partial charge on any atom is 0.161 e. The quantitative estimate of drug-likeness (QED) is 0.633. The standard InChI is InChI=1S/C8H8O2.C4H9Cl/c1-2-4-8-7(3-1)9-5-6-10-8;1-4(2,3)5/h1-4H,5-6H2;1-3H3. The van der Waals surface area contributed by atoms with Crippen molar-refractivity contribution in [3.05, 3.63) is 24.3 Å². The van der Waals surface area contributed by atoms with Gasteiger partial charge >= 0.3 is 0 Å². The minimum Gasteiger partial charge on any atom is -0.486 e. The molecule has 0 N–H and O–H groups in total. The van der Waals surface area contributed by atoms with Crippen LogP contribution in [-0.4, -0.2) is 18.1 Å². The van der Waals surface area contributed by atoms with Crippen LogP contribution in [0.1, 0.15) is 20.8 Å². The molecule has 2 rings (SSSR count). The van der Waals surface area contributed by atoms with E-state index in [4.69, 9.17) is 21.1 Å². The summed E-state index contributed by atoms with van der Waals surface area (Å²) in [6.45, 7) is 7.19. The van der Waals surface area contributed by atoms with Gasteiger partial charge in [-0.1, -0.05) is 12.1 Å². The van der Waals surface area contributed by atoms with Gasteiger partial charge in [0.1, 0.15) is 13.2 Å². The summed E-state index contributed by atoms with van der Waals surface area (Å²) in [5.74, 6) is 1.71. The number of alkyl halides is 1. The summed E-state index contributed by atoms with van der Waals surface area (Å²) < 4.78 is 10.6. The molecule has 1 aliphatic rings. The lowest BCUT2D eigenvalue weighted by atomic mass is 10.3. The molecule has 0 saturated heterocycles. The first-order valence-corrected chi connectivity index (χ1v) is 5.38. The van der Waals surface area contributed by atoms with Gasteiger partial charge in [-0.25, -0.2) is 0 Å². The largest absolute Gasteiger partial charge is 0.486 e. The van der Waals surface area contributed by atoms with Crippen molar-refractivity contribution in [1.82, 2.24) is 0 Å². The molecule has 0 fully saturated rings. The second-order valence-corrected chi connectivity index (χ2v) is 5.34. The fraction of sp³-hybridized carbons (Fsp3) is 0.500. The van der Waals surface area contributed by atoms with E-state index in [-0.39, 0.29) is 4.87 Å². The van der Waals surface area contributed by atoms with Crippen molar-refractivity contribution < 1.29 is 9.47 Å². The summed E-state index contributed by atoms with van der Waals surface area (Å²) in [4.78, 5) is -0.0278. The summed E-state index contributed by atoms with van der Waals surface area (Å²) in [6, 6.07) is 7.70. The molecular formula is C12H17ClO2. The van der Waals surface area contributed by atoms with Crippen LogP contribution in [0.4, 0.5) is 0 Å². The molecule has 0 atom stereocenters. The highest BCUT2D eigenvalue weighted by Gasteiger charge is 2.07. The summed E-state index contributed by atoms with van der Waals surface area (Å²) in [7, 11) is 0. The number of rotatable bonds is 0. The van der Waals surface area contributed by atoms with E-state index in [1.54, 1.807) is 0 Å². The molecule has 1 aromatic rings. The van der Waals surface area contributed by atoms with E-state index in [2.05, 4.69) is 0 Å². The molecule has 0 aromatic heterocycles. The maximum absolute atomic E-state index is 5.53. The summed E-state index contributed by atoms with van der Waals surface area (Å²) in [6.07, 6.45) is 0. The molecule has 84 valence electrons. The van der Waals surface area contributed by atoms with Crippen LogP contribution in [0.15, 0.2) is 24.3 Å². The zero-order valence-corrected chi connectivity index (χ0v) is 10.2. The number of para-hydroxylation sites is 2. The third kappa shape index (κ3) is 5.53. The molecule has 0 bridgehead atoms. The first kappa shape index (κ1) is 12.2. The predicted molar refractivity (Wildman–Crippen MR) is 63.0 cm³/mol. The number of fused-ring (bicyclic) bond motifs is 1. The molecular weight excluding hydrogens is 212 g/mol. The monoisotopic (exact) mass is 228 g/mol. The van der Waals surface area contributed by atoms with Gasteiger partial charge in [0.2, 0.25) is 0 Å². The van der Waals surface area contributed by atoms with E-state index in [0.29, 0.717) is 13.2 Å². The Bertz CT molecular complexity index is 274. The van der Waals surface area contributed by atoms with Gasteiger partial charge < -0.3 is 9.47 Å². The Hall–Kier alpha value is -0.890. The highest BCUT2D eigenvalue weighted by molar-refractivity contribution is 6.23. The van der Waals surface area contributed by atoms with Crippen molar-refractivity contribution in [1.29, 1.82) is 0 Å². The van der Waals surface area contributed by atoms with Crippen molar-refractivity contribution in [2.24, 2.45) is 0 Å². The number of hydrogen-bond acceptors (Lipinski definition) is 2. The van der Waals surface area contributed by atoms with Gasteiger partial charge in [-0.05, 0) is 32.9 Å². The second kappa shape index (κ2) is 5.26. The van der Waals surface area contributed by atoms with Gasteiger partial charge in [-0.15, -0.1) is 11.6 Å². The Morgan fingerprint density at radius 3 is 1.67 bits per heavy atom.